The van der Waals surface area contributed by atoms with Crippen molar-refractivity contribution >= 4 is 5.82 Å². The molecule has 2 aliphatic rings. The van der Waals surface area contributed by atoms with Crippen molar-refractivity contribution in [2.75, 3.05) is 4.90 Å². The molecule has 0 N–H and O–H groups in total. The van der Waals surface area contributed by atoms with Gasteiger partial charge in [-0.2, -0.15) is 4.98 Å². The molecule has 0 bridgehead atoms. The normalized spacial score (nSPS) is 24.1. The molecule has 5 rings (SSSR count). The molecule has 0 aliphatic carbocycles. The van der Waals surface area contributed by atoms with Crippen LogP contribution in [0.5, 0.6) is 0 Å². The van der Waals surface area contributed by atoms with Crippen LogP contribution in [0, 0.1) is 0 Å². The van der Waals surface area contributed by atoms with Gasteiger partial charge in [-0.15, -0.1) is 10.2 Å². The van der Waals surface area contributed by atoms with Gasteiger partial charge in [0.1, 0.15) is 23.9 Å². The number of hydrogen-bond acceptors (Lipinski definition) is 6. The third kappa shape index (κ3) is 1.79. The number of aromatic nitrogens is 7. The Balaban J connectivity index is 1.77. The molecule has 0 spiro atoms. The van der Waals surface area contributed by atoms with Gasteiger partial charge in [0.05, 0.1) is 6.20 Å². The summed E-state index contributed by atoms with van der Waals surface area (Å²) in [6.07, 6.45) is 13.3. The Morgan fingerprint density at radius 1 is 1.28 bits per heavy atom. The van der Waals surface area contributed by atoms with E-state index in [1.165, 1.54) is 0 Å². The second-order valence-corrected chi connectivity index (χ2v) is 6.73. The highest BCUT2D eigenvalue weighted by Crippen LogP contribution is 2.51. The fraction of sp³-hybridized carbons (Fsp3) is 0.471. The predicted molar refractivity (Wildman–Crippen MR) is 91.8 cm³/mol. The quantitative estimate of drug-likeness (QED) is 0.730. The van der Waals surface area contributed by atoms with Gasteiger partial charge in [-0.05, 0) is 25.7 Å². The van der Waals surface area contributed by atoms with Gasteiger partial charge in [0.25, 0.3) is 0 Å². The van der Waals surface area contributed by atoms with Crippen LogP contribution in [-0.4, -0.2) is 40.3 Å². The average Bonchev–Trinajstić information content (AvgIpc) is 3.40. The zero-order chi connectivity index (χ0) is 17.0. The molecule has 1 saturated heterocycles. The molecule has 8 nitrogen and oxygen atoms in total. The fourth-order valence-electron chi connectivity index (χ4n) is 4.43. The average molecular weight is 336 g/mol. The highest BCUT2D eigenvalue weighted by Gasteiger charge is 2.53. The van der Waals surface area contributed by atoms with Gasteiger partial charge in [-0.25, -0.2) is 9.97 Å². The standard InChI is InChI=1S/C17H20N8/c1-3-12-5-6-17(4-2)15-22-20-11-24(15)13-9-19-16(21-14(13)25(12)17)23-8-7-18-10-23/h7-12H,3-6H2,1-2H3. The van der Waals surface area contributed by atoms with Gasteiger partial charge in [0.2, 0.25) is 5.95 Å². The molecule has 25 heavy (non-hydrogen) atoms. The molecule has 0 aromatic carbocycles. The first-order chi connectivity index (χ1) is 12.3. The molecule has 0 radical (unpaired) electrons. The first-order valence-corrected chi connectivity index (χ1v) is 8.84. The van der Waals surface area contributed by atoms with Gasteiger partial charge in [0.15, 0.2) is 11.6 Å². The highest BCUT2D eigenvalue weighted by molar-refractivity contribution is 5.65. The summed E-state index contributed by atoms with van der Waals surface area (Å²) in [6.45, 7) is 4.47. The number of imidazole rings is 1. The Labute approximate surface area is 145 Å². The van der Waals surface area contributed by atoms with Crippen molar-refractivity contribution in [3.8, 4) is 11.6 Å². The summed E-state index contributed by atoms with van der Waals surface area (Å²) in [4.78, 5) is 16.1. The summed E-state index contributed by atoms with van der Waals surface area (Å²) in [6, 6.07) is 0.453. The molecule has 3 aromatic rings. The number of fused-ring (bicyclic) bond motifs is 6. The van der Waals surface area contributed by atoms with E-state index in [1.54, 1.807) is 18.9 Å². The summed E-state index contributed by atoms with van der Waals surface area (Å²) in [5, 5.41) is 8.68. The van der Waals surface area contributed by atoms with Crippen molar-refractivity contribution in [1.29, 1.82) is 0 Å². The monoisotopic (exact) mass is 336 g/mol. The van der Waals surface area contributed by atoms with E-state index in [1.807, 2.05) is 17.0 Å². The lowest BCUT2D eigenvalue weighted by atomic mass is 9.90. The molecule has 2 atom stereocenters. The van der Waals surface area contributed by atoms with E-state index >= 15 is 0 Å². The maximum atomic E-state index is 4.93. The topological polar surface area (TPSA) is 77.5 Å². The van der Waals surface area contributed by atoms with Crippen LogP contribution in [-0.2, 0) is 5.54 Å². The van der Waals surface area contributed by atoms with E-state index < -0.39 is 0 Å². The minimum atomic E-state index is -0.134. The number of rotatable bonds is 3. The summed E-state index contributed by atoms with van der Waals surface area (Å²) in [7, 11) is 0. The lowest BCUT2D eigenvalue weighted by molar-refractivity contribution is 0.371. The smallest absolute Gasteiger partial charge is 0.236 e. The Morgan fingerprint density at radius 2 is 2.20 bits per heavy atom. The predicted octanol–water partition coefficient (Wildman–Crippen LogP) is 2.24. The van der Waals surface area contributed by atoms with E-state index in [4.69, 9.17) is 4.98 Å². The molecule has 8 heteroatoms. The van der Waals surface area contributed by atoms with Crippen LogP contribution in [0.2, 0.25) is 0 Å². The van der Waals surface area contributed by atoms with Gasteiger partial charge >= 0.3 is 0 Å². The van der Waals surface area contributed by atoms with Crippen LogP contribution < -0.4 is 4.90 Å². The van der Waals surface area contributed by atoms with Crippen molar-refractivity contribution in [3.63, 3.8) is 0 Å². The van der Waals surface area contributed by atoms with Crippen molar-refractivity contribution < 1.29 is 0 Å². The fourth-order valence-corrected chi connectivity index (χ4v) is 4.43. The molecule has 0 saturated carbocycles. The highest BCUT2D eigenvalue weighted by atomic mass is 15.4. The Kier molecular flexibility index (Phi) is 2.98. The van der Waals surface area contributed by atoms with E-state index in [0.29, 0.717) is 12.0 Å². The maximum absolute atomic E-state index is 4.93. The SMILES string of the molecule is CCC1CCC2(CC)c3nncn3-c3cnc(-n4ccnc4)nc3N12. The number of hydrogen-bond donors (Lipinski definition) is 0. The van der Waals surface area contributed by atoms with Crippen LogP contribution in [0.1, 0.15) is 45.4 Å². The summed E-state index contributed by atoms with van der Waals surface area (Å²) >= 11 is 0. The molecule has 5 heterocycles. The zero-order valence-electron chi connectivity index (χ0n) is 14.4. The molecule has 3 aromatic heterocycles. The van der Waals surface area contributed by atoms with Crippen LogP contribution in [0.4, 0.5) is 5.82 Å². The van der Waals surface area contributed by atoms with E-state index in [-0.39, 0.29) is 5.54 Å². The van der Waals surface area contributed by atoms with Gasteiger partial charge in [-0.3, -0.25) is 9.13 Å². The zero-order valence-corrected chi connectivity index (χ0v) is 14.4. The lowest BCUT2D eigenvalue weighted by Crippen LogP contribution is -2.50. The molecule has 2 unspecified atom stereocenters. The van der Waals surface area contributed by atoms with E-state index in [9.17, 15) is 0 Å². The summed E-state index contributed by atoms with van der Waals surface area (Å²) in [5.41, 5.74) is 0.818. The van der Waals surface area contributed by atoms with Crippen LogP contribution in [0.25, 0.3) is 11.6 Å². The number of nitrogens with zero attached hydrogens (tertiary/aromatic N) is 8. The van der Waals surface area contributed by atoms with Gasteiger partial charge < -0.3 is 4.90 Å². The maximum Gasteiger partial charge on any atom is 0.236 e. The minimum Gasteiger partial charge on any atom is -0.339 e. The summed E-state index contributed by atoms with van der Waals surface area (Å²) < 4.78 is 3.90. The Bertz CT molecular complexity index is 915. The van der Waals surface area contributed by atoms with E-state index in [0.717, 1.165) is 43.0 Å². The van der Waals surface area contributed by atoms with Crippen molar-refractivity contribution in [1.82, 2.24) is 34.3 Å². The molecule has 128 valence electrons. The first kappa shape index (κ1) is 14.6. The van der Waals surface area contributed by atoms with E-state index in [2.05, 4.69) is 43.5 Å². The van der Waals surface area contributed by atoms with Crippen molar-refractivity contribution in [3.05, 3.63) is 37.1 Å². The van der Waals surface area contributed by atoms with Crippen LogP contribution >= 0.6 is 0 Å². The van der Waals surface area contributed by atoms with Gasteiger partial charge in [-0.1, -0.05) is 13.8 Å². The largest absolute Gasteiger partial charge is 0.339 e. The number of anilines is 1. The lowest BCUT2D eigenvalue weighted by Gasteiger charge is -2.44. The van der Waals surface area contributed by atoms with Crippen molar-refractivity contribution in [2.45, 2.75) is 51.1 Å². The molecular formula is C17H20N8. The third-order valence-corrected chi connectivity index (χ3v) is 5.70. The Hall–Kier alpha value is -2.77. The van der Waals surface area contributed by atoms with Gasteiger partial charge in [0, 0.05) is 18.4 Å². The second-order valence-electron chi connectivity index (χ2n) is 6.73. The summed E-state index contributed by atoms with van der Waals surface area (Å²) in [5.74, 6) is 2.62. The molecule has 0 amide bonds. The van der Waals surface area contributed by atoms with Crippen molar-refractivity contribution in [2.24, 2.45) is 0 Å². The first-order valence-electron chi connectivity index (χ1n) is 8.84. The minimum absolute atomic E-state index is 0.134. The molecule has 2 aliphatic heterocycles. The molecular weight excluding hydrogens is 316 g/mol. The van der Waals surface area contributed by atoms with Crippen LogP contribution in [0.3, 0.4) is 0 Å². The third-order valence-electron chi connectivity index (χ3n) is 5.70. The second kappa shape index (κ2) is 5.11. The Morgan fingerprint density at radius 3 is 2.96 bits per heavy atom. The molecule has 1 fully saturated rings. The van der Waals surface area contributed by atoms with Crippen LogP contribution in [0.15, 0.2) is 31.2 Å².